The fourth-order valence-corrected chi connectivity index (χ4v) is 1.64. The molecule has 1 N–H and O–H groups in total. The summed E-state index contributed by atoms with van der Waals surface area (Å²) < 4.78 is 0. The summed E-state index contributed by atoms with van der Waals surface area (Å²) in [6.07, 6.45) is 4.34. The zero-order valence-corrected chi connectivity index (χ0v) is 11.5. The van der Waals surface area contributed by atoms with E-state index in [4.69, 9.17) is 16.7 Å². The van der Waals surface area contributed by atoms with Gasteiger partial charge in [0.15, 0.2) is 0 Å². The van der Waals surface area contributed by atoms with E-state index in [1.165, 1.54) is 5.56 Å². The van der Waals surface area contributed by atoms with Crippen LogP contribution >= 0.6 is 11.6 Å². The van der Waals surface area contributed by atoms with Gasteiger partial charge in [-0.15, -0.1) is 0 Å². The van der Waals surface area contributed by atoms with Gasteiger partial charge in [-0.2, -0.15) is 0 Å². The van der Waals surface area contributed by atoms with Gasteiger partial charge in [-0.25, -0.2) is 0 Å². The zero-order valence-electron chi connectivity index (χ0n) is 10.7. The minimum Gasteiger partial charge on any atom is -0.392 e. The second kappa shape index (κ2) is 7.76. The van der Waals surface area contributed by atoms with Gasteiger partial charge < -0.3 is 5.11 Å². The molecular weight excluding hydrogens is 244 g/mol. The third-order valence-electron chi connectivity index (χ3n) is 2.33. The van der Waals surface area contributed by atoms with E-state index in [-0.39, 0.29) is 6.61 Å². The highest BCUT2D eigenvalue weighted by Crippen LogP contribution is 2.14. The maximum Gasteiger partial charge on any atom is 0.0627 e. The predicted octanol–water partition coefficient (Wildman–Crippen LogP) is 3.80. The Kier molecular flexibility index (Phi) is 6.28. The Labute approximate surface area is 114 Å². The lowest BCUT2D eigenvalue weighted by Gasteiger charge is -1.97. The van der Waals surface area contributed by atoms with E-state index in [2.05, 4.69) is 11.8 Å². The Bertz CT molecular complexity index is 498. The second-order valence-electron chi connectivity index (χ2n) is 3.88. The summed E-state index contributed by atoms with van der Waals surface area (Å²) in [5, 5.41) is 9.55. The molecule has 0 aliphatic carbocycles. The molecule has 0 unspecified atom stereocenters. The molecule has 1 nitrogen and oxygen atoms in total. The van der Waals surface area contributed by atoms with Gasteiger partial charge in [0.1, 0.15) is 0 Å². The summed E-state index contributed by atoms with van der Waals surface area (Å²) in [7, 11) is 0. The fraction of sp³-hybridized carbons (Fsp3) is 0.250. The Morgan fingerprint density at radius 2 is 1.94 bits per heavy atom. The molecule has 0 radical (unpaired) electrons. The van der Waals surface area contributed by atoms with Crippen molar-refractivity contribution in [1.82, 2.24) is 0 Å². The van der Waals surface area contributed by atoms with E-state index in [1.54, 1.807) is 6.08 Å². The molecule has 0 heterocycles. The number of hydrogen-bond donors (Lipinski definition) is 1. The fourth-order valence-electron chi connectivity index (χ4n) is 1.37. The van der Waals surface area contributed by atoms with E-state index < -0.39 is 0 Å². The normalized spacial score (nSPS) is 12.0. The molecule has 0 bridgehead atoms. The summed E-state index contributed by atoms with van der Waals surface area (Å²) in [6.45, 7) is 3.98. The van der Waals surface area contributed by atoms with E-state index >= 15 is 0 Å². The highest BCUT2D eigenvalue weighted by molar-refractivity contribution is 6.32. The standard InChI is InChI=1S/C16H17ClO/c1-3-4-16(17)15(11-12-18)10-9-14-7-5-13(2)6-8-14/h4-8,11,18H,3,12H2,1-2H3/b15-11-,16-4+. The number of halogens is 1. The molecule has 0 atom stereocenters. The summed E-state index contributed by atoms with van der Waals surface area (Å²) in [5.74, 6) is 6.03. The molecule has 0 amide bonds. The van der Waals surface area contributed by atoms with E-state index in [1.807, 2.05) is 44.2 Å². The number of aryl methyl sites for hydroxylation is 1. The molecule has 1 rings (SSSR count). The van der Waals surface area contributed by atoms with Crippen LogP contribution in [0.5, 0.6) is 0 Å². The zero-order chi connectivity index (χ0) is 13.4. The van der Waals surface area contributed by atoms with Crippen LogP contribution in [-0.2, 0) is 0 Å². The highest BCUT2D eigenvalue weighted by Gasteiger charge is 1.97. The van der Waals surface area contributed by atoms with Crippen molar-refractivity contribution in [3.8, 4) is 11.8 Å². The van der Waals surface area contributed by atoms with Crippen LogP contribution in [-0.4, -0.2) is 11.7 Å². The minimum atomic E-state index is -0.0638. The van der Waals surface area contributed by atoms with Crippen molar-refractivity contribution in [2.75, 3.05) is 6.61 Å². The van der Waals surface area contributed by atoms with Gasteiger partial charge in [-0.1, -0.05) is 54.1 Å². The summed E-state index contributed by atoms with van der Waals surface area (Å²) >= 11 is 6.10. The van der Waals surface area contributed by atoms with Crippen LogP contribution in [0.1, 0.15) is 24.5 Å². The van der Waals surface area contributed by atoms with Crippen molar-refractivity contribution in [1.29, 1.82) is 0 Å². The Morgan fingerprint density at radius 1 is 1.28 bits per heavy atom. The number of aliphatic hydroxyl groups is 1. The van der Waals surface area contributed by atoms with Crippen molar-refractivity contribution >= 4 is 11.6 Å². The molecular formula is C16H17ClO. The third kappa shape index (κ3) is 4.79. The van der Waals surface area contributed by atoms with Crippen molar-refractivity contribution in [2.24, 2.45) is 0 Å². The first-order valence-electron chi connectivity index (χ1n) is 5.93. The van der Waals surface area contributed by atoms with Crippen molar-refractivity contribution in [3.63, 3.8) is 0 Å². The first-order valence-corrected chi connectivity index (χ1v) is 6.31. The smallest absolute Gasteiger partial charge is 0.0627 e. The van der Waals surface area contributed by atoms with Crippen molar-refractivity contribution in [3.05, 3.63) is 58.1 Å². The second-order valence-corrected chi connectivity index (χ2v) is 4.28. The molecule has 18 heavy (non-hydrogen) atoms. The SMILES string of the molecule is CC/C=C(Cl)\C(C#Cc1ccc(C)cc1)=C/CO. The first-order chi connectivity index (χ1) is 8.67. The van der Waals surface area contributed by atoms with Gasteiger partial charge in [-0.3, -0.25) is 0 Å². The predicted molar refractivity (Wildman–Crippen MR) is 77.5 cm³/mol. The van der Waals surface area contributed by atoms with Crippen molar-refractivity contribution < 1.29 is 5.11 Å². The number of aliphatic hydroxyl groups excluding tert-OH is 1. The largest absolute Gasteiger partial charge is 0.392 e. The topological polar surface area (TPSA) is 20.2 Å². The van der Waals surface area contributed by atoms with Crippen molar-refractivity contribution in [2.45, 2.75) is 20.3 Å². The average molecular weight is 261 g/mol. The molecule has 94 valence electrons. The first kappa shape index (κ1) is 14.6. The van der Waals surface area contributed by atoms with Crippen LogP contribution in [0.15, 0.2) is 47.0 Å². The van der Waals surface area contributed by atoms with Gasteiger partial charge in [0, 0.05) is 11.1 Å². The van der Waals surface area contributed by atoms with E-state index in [0.29, 0.717) is 10.6 Å². The average Bonchev–Trinajstić information content (AvgIpc) is 2.36. The molecule has 0 aliphatic rings. The number of benzene rings is 1. The lowest BCUT2D eigenvalue weighted by atomic mass is 10.1. The van der Waals surface area contributed by atoms with Crippen LogP contribution < -0.4 is 0 Å². The maximum atomic E-state index is 8.96. The quantitative estimate of drug-likeness (QED) is 0.647. The molecule has 1 aromatic rings. The van der Waals surface area contributed by atoms with Gasteiger partial charge >= 0.3 is 0 Å². The highest BCUT2D eigenvalue weighted by atomic mass is 35.5. The van der Waals surface area contributed by atoms with Crippen LogP contribution in [0, 0.1) is 18.8 Å². The van der Waals surface area contributed by atoms with Gasteiger partial charge in [0.2, 0.25) is 0 Å². The number of allylic oxidation sites excluding steroid dienone is 3. The lowest BCUT2D eigenvalue weighted by molar-refractivity contribution is 0.342. The number of rotatable bonds is 3. The monoisotopic (exact) mass is 260 g/mol. The molecule has 0 spiro atoms. The molecule has 1 aromatic carbocycles. The summed E-state index contributed by atoms with van der Waals surface area (Å²) in [5.41, 5.74) is 2.81. The van der Waals surface area contributed by atoms with Gasteiger partial charge in [0.25, 0.3) is 0 Å². The van der Waals surface area contributed by atoms with Crippen LogP contribution in [0.25, 0.3) is 0 Å². The van der Waals surface area contributed by atoms with Gasteiger partial charge in [0.05, 0.1) is 11.6 Å². The van der Waals surface area contributed by atoms with E-state index in [9.17, 15) is 0 Å². The summed E-state index contributed by atoms with van der Waals surface area (Å²) in [4.78, 5) is 0. The molecule has 0 fully saturated rings. The maximum absolute atomic E-state index is 8.96. The van der Waals surface area contributed by atoms with Crippen LogP contribution in [0.4, 0.5) is 0 Å². The molecule has 0 saturated carbocycles. The third-order valence-corrected chi connectivity index (χ3v) is 2.69. The lowest BCUT2D eigenvalue weighted by Crippen LogP contribution is -1.84. The Morgan fingerprint density at radius 3 is 2.50 bits per heavy atom. The molecule has 2 heteroatoms. The van der Waals surface area contributed by atoms with E-state index in [0.717, 1.165) is 12.0 Å². The minimum absolute atomic E-state index is 0.0638. The molecule has 0 saturated heterocycles. The Hall–Kier alpha value is -1.49. The molecule has 0 aromatic heterocycles. The van der Waals surface area contributed by atoms with Gasteiger partial charge in [-0.05, 0) is 31.6 Å². The molecule has 0 aliphatic heterocycles. The van der Waals surface area contributed by atoms with Crippen LogP contribution in [0.2, 0.25) is 0 Å². The number of hydrogen-bond acceptors (Lipinski definition) is 1. The van der Waals surface area contributed by atoms with Crippen LogP contribution in [0.3, 0.4) is 0 Å². The summed E-state index contributed by atoms with van der Waals surface area (Å²) in [6, 6.07) is 7.97. The Balaban J connectivity index is 2.95.